The smallest absolute Gasteiger partial charge is 0.351 e. The van der Waals surface area contributed by atoms with Gasteiger partial charge in [0.2, 0.25) is 0 Å². The fraction of sp³-hybridized carbons (Fsp3) is 0.600. The third-order valence-electron chi connectivity index (χ3n) is 3.61. The molecule has 7 nitrogen and oxygen atoms in total. The summed E-state index contributed by atoms with van der Waals surface area (Å²) in [5.74, 6) is 0.0203. The van der Waals surface area contributed by atoms with E-state index in [0.29, 0.717) is 0 Å². The molecule has 0 bridgehead atoms. The quantitative estimate of drug-likeness (QED) is 0.598. The van der Waals surface area contributed by atoms with Crippen molar-refractivity contribution in [2.24, 2.45) is 0 Å². The van der Waals surface area contributed by atoms with Gasteiger partial charge in [0.1, 0.15) is 17.5 Å². The van der Waals surface area contributed by atoms with Crippen molar-refractivity contribution in [3.63, 3.8) is 0 Å². The van der Waals surface area contributed by atoms with E-state index in [1.807, 2.05) is 0 Å². The van der Waals surface area contributed by atoms with Gasteiger partial charge in [-0.25, -0.2) is 9.18 Å². The molecule has 18 heavy (non-hydrogen) atoms. The number of aromatic nitrogens is 2. The van der Waals surface area contributed by atoms with Gasteiger partial charge in [0.25, 0.3) is 0 Å². The molecule has 2 heterocycles. The minimum atomic E-state index is -2.07. The molecule has 0 amide bonds. The standard InChI is InChI=1S/C10H12FN3O4/c11-9-4-10(9,17)5(3-15)18-7(9)14-2-1-6(12)13-8(14)16/h1-2,5,7,15,17H,3-4H2,(H2,12,13,16). The summed E-state index contributed by atoms with van der Waals surface area (Å²) in [6.45, 7) is -0.518. The lowest BCUT2D eigenvalue weighted by Crippen LogP contribution is -2.33. The van der Waals surface area contributed by atoms with Gasteiger partial charge >= 0.3 is 5.69 Å². The Morgan fingerprint density at radius 2 is 2.44 bits per heavy atom. The number of nitrogens with zero attached hydrogens (tertiary/aromatic N) is 2. The van der Waals surface area contributed by atoms with E-state index < -0.39 is 35.9 Å². The molecule has 0 spiro atoms. The van der Waals surface area contributed by atoms with Crippen LogP contribution in [0.3, 0.4) is 0 Å². The van der Waals surface area contributed by atoms with E-state index in [0.717, 1.165) is 4.57 Å². The van der Waals surface area contributed by atoms with E-state index in [4.69, 9.17) is 15.6 Å². The second-order valence-corrected chi connectivity index (χ2v) is 4.67. The first-order chi connectivity index (χ1) is 8.42. The normalized spacial score (nSPS) is 41.7. The van der Waals surface area contributed by atoms with Crippen LogP contribution in [0.4, 0.5) is 10.2 Å². The number of hydrogen-bond donors (Lipinski definition) is 3. The summed E-state index contributed by atoms with van der Waals surface area (Å²) in [6, 6.07) is 1.34. The predicted molar refractivity (Wildman–Crippen MR) is 57.3 cm³/mol. The minimum absolute atomic E-state index is 0.0203. The van der Waals surface area contributed by atoms with Crippen LogP contribution in [0.2, 0.25) is 0 Å². The van der Waals surface area contributed by atoms with E-state index in [9.17, 15) is 14.3 Å². The summed E-state index contributed by atoms with van der Waals surface area (Å²) in [5.41, 5.74) is 0.780. The summed E-state index contributed by atoms with van der Waals surface area (Å²) in [6.07, 6.45) is -1.25. The van der Waals surface area contributed by atoms with E-state index in [1.165, 1.54) is 12.3 Å². The Hall–Kier alpha value is -1.51. The van der Waals surface area contributed by atoms with Crippen LogP contribution in [0, 0.1) is 0 Å². The summed E-state index contributed by atoms with van der Waals surface area (Å²) < 4.78 is 20.6. The Kier molecular flexibility index (Phi) is 2.11. The van der Waals surface area contributed by atoms with Crippen LogP contribution in [0.1, 0.15) is 12.6 Å². The number of rotatable bonds is 2. The number of nitrogens with two attached hydrogens (primary N) is 1. The Bertz CT molecular complexity index is 564. The number of ether oxygens (including phenoxy) is 1. The van der Waals surface area contributed by atoms with Crippen LogP contribution in [0.5, 0.6) is 0 Å². The number of nitrogen functional groups attached to an aromatic ring is 1. The molecule has 4 atom stereocenters. The first-order valence-corrected chi connectivity index (χ1v) is 5.44. The highest BCUT2D eigenvalue weighted by molar-refractivity contribution is 5.30. The maximum Gasteiger partial charge on any atom is 0.351 e. The van der Waals surface area contributed by atoms with E-state index in [2.05, 4.69) is 4.98 Å². The van der Waals surface area contributed by atoms with Crippen LogP contribution in [-0.2, 0) is 4.74 Å². The van der Waals surface area contributed by atoms with Gasteiger partial charge in [0.05, 0.1) is 6.61 Å². The highest BCUT2D eigenvalue weighted by Crippen LogP contribution is 2.65. The lowest BCUT2D eigenvalue weighted by molar-refractivity contribution is -0.0884. The van der Waals surface area contributed by atoms with Crippen LogP contribution in [0.25, 0.3) is 0 Å². The Labute approximate surface area is 101 Å². The van der Waals surface area contributed by atoms with Crippen LogP contribution < -0.4 is 11.4 Å². The van der Waals surface area contributed by atoms with Crippen molar-refractivity contribution >= 4 is 5.82 Å². The third-order valence-corrected chi connectivity index (χ3v) is 3.61. The van der Waals surface area contributed by atoms with Crippen molar-refractivity contribution in [2.45, 2.75) is 30.0 Å². The van der Waals surface area contributed by atoms with Crippen molar-refractivity contribution in [3.05, 3.63) is 22.7 Å². The first-order valence-electron chi connectivity index (χ1n) is 5.44. The Morgan fingerprint density at radius 1 is 1.72 bits per heavy atom. The van der Waals surface area contributed by atoms with Gasteiger partial charge in [-0.05, 0) is 6.07 Å². The average Bonchev–Trinajstić information content (AvgIpc) is 2.79. The number of aliphatic hydroxyl groups is 2. The molecule has 4 unspecified atom stereocenters. The molecule has 0 aromatic carbocycles. The maximum atomic E-state index is 14.4. The van der Waals surface area contributed by atoms with Crippen LogP contribution in [-0.4, -0.2) is 43.7 Å². The fourth-order valence-electron chi connectivity index (χ4n) is 2.49. The van der Waals surface area contributed by atoms with Gasteiger partial charge in [-0.15, -0.1) is 0 Å². The molecule has 0 radical (unpaired) electrons. The highest BCUT2D eigenvalue weighted by atomic mass is 19.1. The van der Waals surface area contributed by atoms with Crippen molar-refractivity contribution in [3.8, 4) is 0 Å². The highest BCUT2D eigenvalue weighted by Gasteiger charge is 2.82. The summed E-state index contributed by atoms with van der Waals surface area (Å²) in [7, 11) is 0. The van der Waals surface area contributed by atoms with Gasteiger partial charge < -0.3 is 20.7 Å². The maximum absolute atomic E-state index is 14.4. The molecule has 1 aliphatic heterocycles. The SMILES string of the molecule is Nc1ccn(C2OC(CO)C3(O)CC23F)c(=O)n1. The number of anilines is 1. The molecular weight excluding hydrogens is 245 g/mol. The average molecular weight is 257 g/mol. The predicted octanol–water partition coefficient (Wildman–Crippen LogP) is -1.44. The largest absolute Gasteiger partial charge is 0.394 e. The summed E-state index contributed by atoms with van der Waals surface area (Å²) in [4.78, 5) is 15.1. The molecule has 3 rings (SSSR count). The van der Waals surface area contributed by atoms with E-state index in [1.54, 1.807) is 0 Å². The molecular formula is C10H12FN3O4. The molecule has 1 aromatic rings. The molecule has 1 aromatic heterocycles. The lowest BCUT2D eigenvalue weighted by Gasteiger charge is -2.19. The van der Waals surface area contributed by atoms with Crippen molar-refractivity contribution < 1.29 is 19.3 Å². The molecule has 8 heteroatoms. The zero-order chi connectivity index (χ0) is 13.1. The van der Waals surface area contributed by atoms with E-state index >= 15 is 0 Å². The van der Waals surface area contributed by atoms with Crippen LogP contribution in [0.15, 0.2) is 17.1 Å². The number of fused-ring (bicyclic) bond motifs is 1. The second kappa shape index (κ2) is 3.28. The number of aliphatic hydroxyl groups excluding tert-OH is 1. The minimum Gasteiger partial charge on any atom is -0.394 e. The number of halogens is 1. The Morgan fingerprint density at radius 3 is 3.00 bits per heavy atom. The molecule has 1 saturated carbocycles. The van der Waals surface area contributed by atoms with E-state index in [-0.39, 0.29) is 12.2 Å². The van der Waals surface area contributed by atoms with Gasteiger partial charge in [-0.2, -0.15) is 4.98 Å². The van der Waals surface area contributed by atoms with Gasteiger partial charge in [0.15, 0.2) is 11.9 Å². The zero-order valence-corrected chi connectivity index (χ0v) is 9.28. The molecule has 1 aliphatic carbocycles. The Balaban J connectivity index is 2.02. The molecule has 1 saturated heterocycles. The summed E-state index contributed by atoms with van der Waals surface area (Å²) >= 11 is 0. The molecule has 2 aliphatic rings. The monoisotopic (exact) mass is 257 g/mol. The zero-order valence-electron chi connectivity index (χ0n) is 9.28. The number of hydrogen-bond acceptors (Lipinski definition) is 6. The van der Waals surface area contributed by atoms with Gasteiger partial charge in [-0.1, -0.05) is 0 Å². The van der Waals surface area contributed by atoms with Gasteiger partial charge in [0, 0.05) is 12.6 Å². The third kappa shape index (κ3) is 1.22. The van der Waals surface area contributed by atoms with Crippen molar-refractivity contribution in [2.75, 3.05) is 12.3 Å². The topological polar surface area (TPSA) is 111 Å². The second-order valence-electron chi connectivity index (χ2n) is 4.67. The molecule has 4 N–H and O–H groups in total. The van der Waals surface area contributed by atoms with Crippen molar-refractivity contribution in [1.82, 2.24) is 9.55 Å². The number of alkyl halides is 1. The van der Waals surface area contributed by atoms with Gasteiger partial charge in [-0.3, -0.25) is 4.57 Å². The van der Waals surface area contributed by atoms with Crippen molar-refractivity contribution in [1.29, 1.82) is 0 Å². The summed E-state index contributed by atoms with van der Waals surface area (Å²) in [5, 5.41) is 19.0. The lowest BCUT2D eigenvalue weighted by atomic mass is 10.1. The fourth-order valence-corrected chi connectivity index (χ4v) is 2.49. The first kappa shape index (κ1) is 11.6. The molecule has 98 valence electrons. The van der Waals surface area contributed by atoms with Crippen LogP contribution >= 0.6 is 0 Å². The molecule has 2 fully saturated rings.